The van der Waals surface area contributed by atoms with Gasteiger partial charge in [-0.1, -0.05) is 5.16 Å². The second kappa shape index (κ2) is 7.90. The van der Waals surface area contributed by atoms with Crippen LogP contribution in [0.15, 0.2) is 27.6 Å². The number of benzene rings is 1. The minimum absolute atomic E-state index is 0.0171. The van der Waals surface area contributed by atoms with Crippen molar-refractivity contribution in [2.45, 2.75) is 55.7 Å². The number of hydrogen-bond donors (Lipinski definition) is 0. The Labute approximate surface area is 198 Å². The van der Waals surface area contributed by atoms with E-state index in [0.717, 1.165) is 31.4 Å². The molecule has 1 amide bonds. The number of likely N-dealkylation sites (tertiary alicyclic amines) is 1. The molecule has 7 nitrogen and oxygen atoms in total. The number of amides is 1. The van der Waals surface area contributed by atoms with Gasteiger partial charge in [-0.2, -0.15) is 13.2 Å². The van der Waals surface area contributed by atoms with E-state index in [0.29, 0.717) is 13.3 Å². The first-order valence-corrected chi connectivity index (χ1v) is 12.6. The van der Waals surface area contributed by atoms with Crippen molar-refractivity contribution in [1.29, 1.82) is 0 Å². The first-order valence-electron chi connectivity index (χ1n) is 10.7. The predicted molar refractivity (Wildman–Crippen MR) is 112 cm³/mol. The van der Waals surface area contributed by atoms with Crippen molar-refractivity contribution in [3.8, 4) is 5.75 Å². The van der Waals surface area contributed by atoms with Crippen LogP contribution in [-0.4, -0.2) is 55.8 Å². The molecule has 2 unspecified atom stereocenters. The van der Waals surface area contributed by atoms with Crippen LogP contribution in [0.3, 0.4) is 0 Å². The maximum absolute atomic E-state index is 13.7. The van der Waals surface area contributed by atoms with Crippen molar-refractivity contribution in [3.05, 3.63) is 40.8 Å². The summed E-state index contributed by atoms with van der Waals surface area (Å²) in [5.74, 6) is -5.50. The van der Waals surface area contributed by atoms with E-state index >= 15 is 0 Å². The summed E-state index contributed by atoms with van der Waals surface area (Å²) in [4.78, 5) is 14.5. The van der Waals surface area contributed by atoms with Crippen molar-refractivity contribution in [2.24, 2.45) is 5.92 Å². The van der Waals surface area contributed by atoms with Gasteiger partial charge in [-0.25, -0.2) is 17.2 Å². The molecule has 192 valence electrons. The number of alkyl halides is 5. The molecule has 2 heterocycles. The van der Waals surface area contributed by atoms with Crippen molar-refractivity contribution in [2.75, 3.05) is 19.3 Å². The van der Waals surface area contributed by atoms with Crippen LogP contribution >= 0.6 is 0 Å². The second-order valence-corrected chi connectivity index (χ2v) is 11.4. The third-order valence-corrected chi connectivity index (χ3v) is 7.82. The fourth-order valence-electron chi connectivity index (χ4n) is 4.54. The van der Waals surface area contributed by atoms with E-state index in [2.05, 4.69) is 9.68 Å². The summed E-state index contributed by atoms with van der Waals surface area (Å²) >= 11 is 0. The van der Waals surface area contributed by atoms with Crippen LogP contribution in [0.4, 0.5) is 22.0 Å². The van der Waals surface area contributed by atoms with Crippen LogP contribution in [0.25, 0.3) is 0 Å². The van der Waals surface area contributed by atoms with Gasteiger partial charge >= 0.3 is 6.18 Å². The lowest BCUT2D eigenvalue weighted by molar-refractivity contribution is -0.156. The highest BCUT2D eigenvalue weighted by molar-refractivity contribution is 7.90. The number of rotatable bonds is 6. The molecule has 0 radical (unpaired) electrons. The molecular weight excluding hydrogens is 499 g/mol. The number of carbonyl (C=O) groups excluding carboxylic acids is 1. The van der Waals surface area contributed by atoms with E-state index in [4.69, 9.17) is 4.74 Å². The number of nitrogens with zero attached hydrogens (tertiary/aromatic N) is 2. The summed E-state index contributed by atoms with van der Waals surface area (Å²) in [6.45, 7) is 3.22. The summed E-state index contributed by atoms with van der Waals surface area (Å²) < 4.78 is 101. The Morgan fingerprint density at radius 2 is 1.94 bits per heavy atom. The SMILES string of the molecule is Cc1c(C23CC2CN(C(=O)c2cc(S(C)(=O)=O)ccc2O[C@H](C)C(C)(F)F)C3)noc1C(F)(F)F. The molecule has 35 heavy (non-hydrogen) atoms. The van der Waals surface area contributed by atoms with Gasteiger partial charge in [-0.3, -0.25) is 4.79 Å². The molecule has 0 bridgehead atoms. The first kappa shape index (κ1) is 25.4. The third-order valence-electron chi connectivity index (χ3n) is 6.71. The summed E-state index contributed by atoms with van der Waals surface area (Å²) in [5.41, 5.74) is -1.05. The third kappa shape index (κ3) is 4.50. The van der Waals surface area contributed by atoms with Crippen molar-refractivity contribution in [3.63, 3.8) is 0 Å². The molecule has 1 saturated carbocycles. The monoisotopic (exact) mass is 522 g/mol. The molecule has 1 aliphatic heterocycles. The molecule has 3 atom stereocenters. The zero-order chi connectivity index (χ0) is 26.1. The van der Waals surface area contributed by atoms with Gasteiger partial charge in [0, 0.05) is 37.2 Å². The summed E-state index contributed by atoms with van der Waals surface area (Å²) in [5, 5.41) is 3.65. The maximum Gasteiger partial charge on any atom is 0.452 e. The number of piperidine rings is 1. The first-order chi connectivity index (χ1) is 15.9. The molecule has 2 aromatic rings. The van der Waals surface area contributed by atoms with Gasteiger partial charge < -0.3 is 14.2 Å². The van der Waals surface area contributed by atoms with E-state index in [1.165, 1.54) is 11.8 Å². The highest BCUT2D eigenvalue weighted by Crippen LogP contribution is 2.60. The Kier molecular flexibility index (Phi) is 5.73. The smallest absolute Gasteiger partial charge is 0.452 e. The Bertz CT molecular complexity index is 1280. The zero-order valence-corrected chi connectivity index (χ0v) is 20.1. The molecule has 1 aromatic heterocycles. The van der Waals surface area contributed by atoms with Crippen LogP contribution in [0.1, 0.15) is 47.6 Å². The number of ether oxygens (including phenoxy) is 1. The molecule has 2 fully saturated rings. The van der Waals surface area contributed by atoms with E-state index in [-0.39, 0.29) is 46.5 Å². The molecule has 1 aliphatic carbocycles. The Hall–Kier alpha value is -2.70. The van der Waals surface area contributed by atoms with Gasteiger partial charge in [0.15, 0.2) is 15.9 Å². The van der Waals surface area contributed by atoms with Crippen LogP contribution in [0, 0.1) is 12.8 Å². The summed E-state index contributed by atoms with van der Waals surface area (Å²) in [7, 11) is -3.73. The highest BCUT2D eigenvalue weighted by Gasteiger charge is 2.64. The molecule has 13 heteroatoms. The van der Waals surface area contributed by atoms with E-state index in [1.54, 1.807) is 0 Å². The maximum atomic E-state index is 13.7. The molecular formula is C22H23F5N2O5S. The quantitative estimate of drug-likeness (QED) is 0.528. The van der Waals surface area contributed by atoms with Crippen molar-refractivity contribution < 1.29 is 44.4 Å². The number of fused-ring (bicyclic) bond motifs is 1. The van der Waals surface area contributed by atoms with Crippen LogP contribution in [-0.2, 0) is 21.4 Å². The van der Waals surface area contributed by atoms with Crippen molar-refractivity contribution in [1.82, 2.24) is 10.1 Å². The standard InChI is InChI=1S/C22H23F5N2O5S/c1-11-17(28-34-18(11)22(25,26)27)21-8-13(21)9-29(10-21)19(30)15-7-14(35(4,31)32)5-6-16(15)33-12(2)20(3,23)24/h5-7,12-13H,8-10H2,1-4H3/t12-,13?,21?/m1/s1. The zero-order valence-electron chi connectivity index (χ0n) is 19.2. The normalized spacial score (nSPS) is 23.2. The van der Waals surface area contributed by atoms with Gasteiger partial charge in [0.2, 0.25) is 5.76 Å². The Morgan fingerprint density at radius 3 is 2.49 bits per heavy atom. The second-order valence-electron chi connectivity index (χ2n) is 9.37. The van der Waals surface area contributed by atoms with E-state index in [1.807, 2.05) is 0 Å². The number of aromatic nitrogens is 1. The lowest BCUT2D eigenvalue weighted by Gasteiger charge is -2.25. The van der Waals surface area contributed by atoms with E-state index < -0.39 is 45.1 Å². The van der Waals surface area contributed by atoms with E-state index in [9.17, 15) is 35.2 Å². The lowest BCUT2D eigenvalue weighted by atomic mass is 9.97. The van der Waals surface area contributed by atoms with Gasteiger partial charge in [0.1, 0.15) is 5.75 Å². The largest absolute Gasteiger partial charge is 0.484 e. The summed E-state index contributed by atoms with van der Waals surface area (Å²) in [6, 6.07) is 3.37. The van der Waals surface area contributed by atoms with Crippen molar-refractivity contribution >= 4 is 15.7 Å². The van der Waals surface area contributed by atoms with Gasteiger partial charge in [-0.15, -0.1) is 0 Å². The lowest BCUT2D eigenvalue weighted by Crippen LogP contribution is -2.35. The topological polar surface area (TPSA) is 89.7 Å². The Balaban J connectivity index is 1.66. The molecule has 0 spiro atoms. The molecule has 2 aliphatic rings. The molecule has 1 saturated heterocycles. The highest BCUT2D eigenvalue weighted by atomic mass is 32.2. The van der Waals surface area contributed by atoms with Gasteiger partial charge in [0.05, 0.1) is 16.2 Å². The molecule has 4 rings (SSSR count). The number of carbonyl (C=O) groups is 1. The van der Waals surface area contributed by atoms with Crippen LogP contribution in [0.2, 0.25) is 0 Å². The average molecular weight is 522 g/mol. The fraction of sp³-hybridized carbons (Fsp3) is 0.545. The minimum Gasteiger partial charge on any atom is -0.484 e. The fourth-order valence-corrected chi connectivity index (χ4v) is 5.19. The number of hydrogen-bond acceptors (Lipinski definition) is 6. The van der Waals surface area contributed by atoms with Gasteiger partial charge in [-0.05, 0) is 44.4 Å². The number of halogens is 5. The minimum atomic E-state index is -4.71. The molecule has 0 N–H and O–H groups in total. The van der Waals surface area contributed by atoms with Crippen LogP contribution < -0.4 is 4.74 Å². The predicted octanol–water partition coefficient (Wildman–Crippen LogP) is 4.24. The summed E-state index contributed by atoms with van der Waals surface area (Å²) in [6.07, 6.45) is -4.88. The average Bonchev–Trinajstić information content (AvgIpc) is 3.05. The molecule has 1 aromatic carbocycles. The van der Waals surface area contributed by atoms with Gasteiger partial charge in [0.25, 0.3) is 11.8 Å². The Morgan fingerprint density at radius 1 is 1.29 bits per heavy atom. The van der Waals surface area contributed by atoms with Crippen LogP contribution in [0.5, 0.6) is 5.75 Å². The number of sulfone groups is 1.